The second-order valence-corrected chi connectivity index (χ2v) is 15.4. The molecule has 6 rings (SSSR count). The zero-order valence-electron chi connectivity index (χ0n) is 23.9. The van der Waals surface area contributed by atoms with Gasteiger partial charge >= 0.3 is 0 Å². The van der Waals surface area contributed by atoms with Crippen molar-refractivity contribution in [3.63, 3.8) is 0 Å². The van der Waals surface area contributed by atoms with Crippen LogP contribution in [0.1, 0.15) is 75.3 Å². The molecule has 9 heteroatoms. The van der Waals surface area contributed by atoms with Gasteiger partial charge in [-0.2, -0.15) is 4.72 Å². The van der Waals surface area contributed by atoms with Gasteiger partial charge in [-0.3, -0.25) is 0 Å². The van der Waals surface area contributed by atoms with Crippen molar-refractivity contribution in [2.24, 2.45) is 11.8 Å². The van der Waals surface area contributed by atoms with Crippen LogP contribution >= 0.6 is 11.6 Å². The first-order chi connectivity index (χ1) is 19.5. The first-order valence-electron chi connectivity index (χ1n) is 14.9. The molecule has 0 saturated heterocycles. The molecule has 0 amide bonds. The molecule has 4 aliphatic rings. The Labute approximate surface area is 248 Å². The molecule has 2 aliphatic heterocycles. The Morgan fingerprint density at radius 3 is 2.76 bits per heavy atom. The predicted octanol–water partition coefficient (Wildman–Crippen LogP) is 5.24. The zero-order chi connectivity index (χ0) is 29.0. The van der Waals surface area contributed by atoms with Gasteiger partial charge in [0, 0.05) is 23.5 Å². The highest BCUT2D eigenvalue weighted by Gasteiger charge is 2.46. The molecule has 1 fully saturated rings. The number of hydrogen-bond acceptors (Lipinski definition) is 6. The Balaban J connectivity index is 1.43. The molecule has 2 aromatic carbocycles. The molecule has 2 heterocycles. The summed E-state index contributed by atoms with van der Waals surface area (Å²) in [7, 11) is -3.78. The van der Waals surface area contributed by atoms with Crippen LogP contribution in [0, 0.1) is 11.8 Å². The number of aryl methyl sites for hydroxylation is 1. The van der Waals surface area contributed by atoms with E-state index in [1.165, 1.54) is 11.1 Å². The molecule has 7 nitrogen and oxygen atoms in total. The monoisotopic (exact) mass is 600 g/mol. The van der Waals surface area contributed by atoms with Gasteiger partial charge in [0.1, 0.15) is 12.0 Å². The Kier molecular flexibility index (Phi) is 7.69. The summed E-state index contributed by atoms with van der Waals surface area (Å²) in [6, 6.07) is 11.7. The lowest BCUT2D eigenvalue weighted by atomic mass is 9.64. The number of aliphatic hydroxyl groups is 2. The highest BCUT2D eigenvalue weighted by molar-refractivity contribution is 7.90. The summed E-state index contributed by atoms with van der Waals surface area (Å²) in [6.07, 6.45) is 8.29. The Morgan fingerprint density at radius 2 is 1.98 bits per heavy atom. The molecular formula is C32H41ClN2O5S. The van der Waals surface area contributed by atoms with Gasteiger partial charge in [-0.25, -0.2) is 8.42 Å². The minimum Gasteiger partial charge on any atom is -0.490 e. The average Bonchev–Trinajstić information content (AvgIpc) is 3.05. The molecular weight excluding hydrogens is 560 g/mol. The van der Waals surface area contributed by atoms with Gasteiger partial charge in [-0.1, -0.05) is 35.9 Å². The maximum Gasteiger partial charge on any atom is 0.216 e. The number of aliphatic hydroxyl groups excluding tert-OH is 1. The maximum absolute atomic E-state index is 13.0. The molecule has 3 N–H and O–H groups in total. The van der Waals surface area contributed by atoms with Crippen LogP contribution < -0.4 is 14.4 Å². The van der Waals surface area contributed by atoms with Crippen molar-refractivity contribution in [1.82, 2.24) is 4.72 Å². The minimum absolute atomic E-state index is 0.101. The number of hydrogen-bond donors (Lipinski definition) is 3. The topological polar surface area (TPSA) is 99.1 Å². The van der Waals surface area contributed by atoms with Gasteiger partial charge in [-0.15, -0.1) is 0 Å². The van der Waals surface area contributed by atoms with E-state index in [2.05, 4.69) is 21.8 Å². The van der Waals surface area contributed by atoms with Crippen LogP contribution in [0.2, 0.25) is 5.02 Å². The van der Waals surface area contributed by atoms with Crippen LogP contribution in [0.3, 0.4) is 0 Å². The molecule has 0 radical (unpaired) electrons. The summed E-state index contributed by atoms with van der Waals surface area (Å²) in [4.78, 5) is 2.36. The summed E-state index contributed by atoms with van der Waals surface area (Å²) in [5, 5.41) is 22.6. The summed E-state index contributed by atoms with van der Waals surface area (Å²) in [5.41, 5.74) is 2.64. The van der Waals surface area contributed by atoms with Crippen LogP contribution in [-0.2, 0) is 21.9 Å². The molecule has 2 aliphatic carbocycles. The zero-order valence-corrected chi connectivity index (χ0v) is 25.4. The maximum atomic E-state index is 13.0. The lowest BCUT2D eigenvalue weighted by Crippen LogP contribution is -2.51. The molecule has 2 bridgehead atoms. The van der Waals surface area contributed by atoms with E-state index < -0.39 is 27.1 Å². The fourth-order valence-electron chi connectivity index (χ4n) is 7.41. The smallest absolute Gasteiger partial charge is 0.216 e. The van der Waals surface area contributed by atoms with E-state index in [-0.39, 0.29) is 17.3 Å². The number of benzene rings is 2. The van der Waals surface area contributed by atoms with Gasteiger partial charge in [-0.05, 0) is 112 Å². The van der Waals surface area contributed by atoms with E-state index in [4.69, 9.17) is 16.3 Å². The fourth-order valence-corrected chi connectivity index (χ4v) is 8.73. The average molecular weight is 601 g/mol. The van der Waals surface area contributed by atoms with Gasteiger partial charge < -0.3 is 19.8 Å². The van der Waals surface area contributed by atoms with Crippen molar-refractivity contribution in [3.8, 4) is 5.75 Å². The van der Waals surface area contributed by atoms with Crippen LogP contribution in [0.5, 0.6) is 5.75 Å². The van der Waals surface area contributed by atoms with Crippen molar-refractivity contribution in [3.05, 3.63) is 70.3 Å². The molecule has 41 heavy (non-hydrogen) atoms. The third-order valence-electron chi connectivity index (χ3n) is 10.0. The SMILES string of the molecule is C[C@@H]1CC/C=C/[C@](C)(O)[C@@H]2CC[C@H]2CN2C[C@@]3(CCCc4cc(Cl)ccc43)COc3ccc(cc32)C(O)NS1(=O)=O. The minimum atomic E-state index is -3.78. The Morgan fingerprint density at radius 1 is 1.15 bits per heavy atom. The van der Waals surface area contributed by atoms with Crippen LogP contribution in [0.25, 0.3) is 0 Å². The third kappa shape index (κ3) is 5.54. The molecule has 1 saturated carbocycles. The number of fused-ring (bicyclic) bond motifs is 4. The second kappa shape index (κ2) is 10.9. The van der Waals surface area contributed by atoms with Gasteiger partial charge in [0.15, 0.2) is 0 Å². The third-order valence-corrected chi connectivity index (χ3v) is 12.1. The van der Waals surface area contributed by atoms with Gasteiger partial charge in [0.25, 0.3) is 0 Å². The van der Waals surface area contributed by atoms with Crippen molar-refractivity contribution in [2.45, 2.75) is 81.3 Å². The van der Waals surface area contributed by atoms with Crippen LogP contribution in [0.4, 0.5) is 5.69 Å². The van der Waals surface area contributed by atoms with E-state index >= 15 is 0 Å². The van der Waals surface area contributed by atoms with Crippen LogP contribution in [0.15, 0.2) is 48.6 Å². The largest absolute Gasteiger partial charge is 0.490 e. The summed E-state index contributed by atoms with van der Waals surface area (Å²) in [5.74, 6) is 1.10. The molecule has 0 aromatic heterocycles. The number of rotatable bonds is 0. The number of halogens is 1. The molecule has 1 spiro atoms. The second-order valence-electron chi connectivity index (χ2n) is 12.9. The van der Waals surface area contributed by atoms with Crippen LogP contribution in [-0.4, -0.2) is 49.2 Å². The normalized spacial score (nSPS) is 35.8. The first kappa shape index (κ1) is 29.0. The number of nitrogens with one attached hydrogen (secondary N) is 1. The van der Waals surface area contributed by atoms with Crippen molar-refractivity contribution in [1.29, 1.82) is 0 Å². The quantitative estimate of drug-likeness (QED) is 0.358. The number of anilines is 1. The van der Waals surface area contributed by atoms with E-state index in [9.17, 15) is 18.6 Å². The number of allylic oxidation sites excluding steroid dienone is 1. The summed E-state index contributed by atoms with van der Waals surface area (Å²) in [6.45, 7) is 5.50. The number of nitrogens with zero attached hydrogens (tertiary/aromatic N) is 1. The lowest BCUT2D eigenvalue weighted by Gasteiger charge is -2.48. The molecule has 6 atom stereocenters. The standard InChI is InChI=1S/C32H41ClN2O5S/c1-21-6-3-4-14-31(2,37)26-11-8-24(26)18-35-19-32(15-5-7-22-16-25(33)10-12-27(22)32)20-40-29-13-9-23(17-28(29)35)30(36)34-41(21,38)39/h4,9-10,12-14,16-17,21,24,26,30,34,36-37H,3,5-8,11,15,18-20H2,1-2H3/b14-4+/t21-,24+,26-,30?,31+,32+/m1/s1. The molecule has 2 aromatic rings. The van der Waals surface area contributed by atoms with E-state index in [0.717, 1.165) is 61.7 Å². The highest BCUT2D eigenvalue weighted by atomic mass is 35.5. The summed E-state index contributed by atoms with van der Waals surface area (Å²) < 4.78 is 35.1. The highest BCUT2D eigenvalue weighted by Crippen LogP contribution is 2.48. The van der Waals surface area contributed by atoms with E-state index in [1.54, 1.807) is 13.0 Å². The van der Waals surface area contributed by atoms with Crippen molar-refractivity contribution < 1.29 is 23.4 Å². The van der Waals surface area contributed by atoms with E-state index in [0.29, 0.717) is 25.0 Å². The predicted molar refractivity (Wildman–Crippen MR) is 162 cm³/mol. The molecule has 1 unspecified atom stereocenters. The Bertz CT molecular complexity index is 1440. The Hall–Kier alpha value is -2.10. The lowest BCUT2D eigenvalue weighted by molar-refractivity contribution is -0.0314. The fraction of sp³-hybridized carbons (Fsp3) is 0.562. The summed E-state index contributed by atoms with van der Waals surface area (Å²) >= 11 is 6.39. The van der Waals surface area contributed by atoms with Crippen molar-refractivity contribution >= 4 is 27.3 Å². The van der Waals surface area contributed by atoms with Crippen molar-refractivity contribution in [2.75, 3.05) is 24.6 Å². The number of ether oxygens (including phenoxy) is 1. The van der Waals surface area contributed by atoms with Gasteiger partial charge in [0.2, 0.25) is 10.0 Å². The number of sulfonamides is 1. The van der Waals surface area contributed by atoms with E-state index in [1.807, 2.05) is 37.3 Å². The first-order valence-corrected chi connectivity index (χ1v) is 16.8. The van der Waals surface area contributed by atoms with Gasteiger partial charge in [0.05, 0.1) is 23.1 Å². The molecule has 222 valence electrons.